The Balaban J connectivity index is 0.000000148. The number of nitrogens with one attached hydrogen (secondary N) is 1. The number of fused-ring (bicyclic) bond motifs is 2. The Morgan fingerprint density at radius 2 is 1.53 bits per heavy atom. The second kappa shape index (κ2) is 11.8. The van der Waals surface area contributed by atoms with E-state index in [1.54, 1.807) is 41.9 Å². The molecule has 0 unspecified atom stereocenters. The molecule has 51 heavy (non-hydrogen) atoms. The Bertz CT molecular complexity index is 2350. The third-order valence-corrected chi connectivity index (χ3v) is 9.92. The Morgan fingerprint density at radius 1 is 0.765 bits per heavy atom. The highest BCUT2D eigenvalue weighted by Gasteiger charge is 2.49. The van der Waals surface area contributed by atoms with Crippen LogP contribution in [0.25, 0.3) is 34.0 Å². The summed E-state index contributed by atoms with van der Waals surface area (Å²) in [4.78, 5) is 48.3. The Hall–Kier alpha value is -6.04. The van der Waals surface area contributed by atoms with Crippen LogP contribution in [0, 0.1) is 12.7 Å². The van der Waals surface area contributed by atoms with Gasteiger partial charge in [-0.2, -0.15) is 0 Å². The summed E-state index contributed by atoms with van der Waals surface area (Å²) >= 11 is 0. The fourth-order valence-electron chi connectivity index (χ4n) is 6.71. The number of anilines is 2. The number of benzene rings is 1. The largest absolute Gasteiger partial charge is 0.325 e. The van der Waals surface area contributed by atoms with E-state index in [2.05, 4.69) is 30.2 Å². The van der Waals surface area contributed by atoms with E-state index < -0.39 is 16.6 Å². The van der Waals surface area contributed by atoms with Crippen molar-refractivity contribution in [1.82, 2.24) is 34.1 Å². The summed E-state index contributed by atoms with van der Waals surface area (Å²) in [5.41, 5.74) is 8.22. The number of pyridine rings is 3. The summed E-state index contributed by atoms with van der Waals surface area (Å²) in [6, 6.07) is 13.8. The average Bonchev–Trinajstić information content (AvgIpc) is 3.44. The minimum atomic E-state index is -0.566. The van der Waals surface area contributed by atoms with Gasteiger partial charge in [0.25, 0.3) is 0 Å². The molecule has 1 saturated carbocycles. The van der Waals surface area contributed by atoms with Gasteiger partial charge in [0.15, 0.2) is 5.82 Å². The smallest absolute Gasteiger partial charge is 0.237 e. The number of hydrogen-bond acceptors (Lipinski definition) is 7. The molecule has 11 nitrogen and oxygen atoms in total. The molecular weight excluding hydrogens is 645 g/mol. The number of hydrogen-bond donors (Lipinski definition) is 1. The van der Waals surface area contributed by atoms with E-state index in [1.165, 1.54) is 12.4 Å². The molecule has 1 N–H and O–H groups in total. The van der Waals surface area contributed by atoms with E-state index in [9.17, 15) is 14.0 Å². The number of carbonyl (C=O) groups excluding carboxylic acids is 2. The van der Waals surface area contributed by atoms with Crippen LogP contribution >= 0.6 is 0 Å². The molecule has 1 aromatic carbocycles. The number of halogens is 1. The van der Waals surface area contributed by atoms with Crippen LogP contribution in [0.4, 0.5) is 15.8 Å². The van der Waals surface area contributed by atoms with Crippen LogP contribution in [-0.4, -0.2) is 51.9 Å². The number of imidazole rings is 2. The van der Waals surface area contributed by atoms with Gasteiger partial charge in [-0.05, 0) is 83.4 Å². The second-order valence-electron chi connectivity index (χ2n) is 14.3. The first-order chi connectivity index (χ1) is 24.4. The maximum absolute atomic E-state index is 14.0. The Morgan fingerprint density at radius 3 is 2.29 bits per heavy atom. The predicted octanol–water partition coefficient (Wildman–Crippen LogP) is 6.73. The lowest BCUT2D eigenvalue weighted by Crippen LogP contribution is -2.37. The molecule has 12 heteroatoms. The third kappa shape index (κ3) is 5.56. The number of rotatable bonds is 5. The molecule has 256 valence electrons. The molecule has 0 radical (unpaired) electrons. The van der Waals surface area contributed by atoms with Gasteiger partial charge in [-0.1, -0.05) is 12.1 Å². The van der Waals surface area contributed by atoms with E-state index >= 15 is 0 Å². The highest BCUT2D eigenvalue weighted by molar-refractivity contribution is 6.08. The van der Waals surface area contributed by atoms with Crippen molar-refractivity contribution in [3.05, 3.63) is 115 Å². The fraction of sp³-hybridized carbons (Fsp3) is 0.256. The lowest BCUT2D eigenvalue weighted by molar-refractivity contribution is -0.122. The number of aromatic nitrogens is 7. The van der Waals surface area contributed by atoms with Gasteiger partial charge in [0.05, 0.1) is 46.1 Å². The first-order valence-corrected chi connectivity index (χ1v) is 16.8. The zero-order chi connectivity index (χ0) is 35.7. The molecule has 9 rings (SSSR count). The van der Waals surface area contributed by atoms with Crippen LogP contribution in [0.3, 0.4) is 0 Å². The molecule has 0 saturated heterocycles. The normalized spacial score (nSPS) is 16.7. The molecule has 1 aliphatic carbocycles. The number of nitrogens with zero attached hydrogens (tertiary/aromatic N) is 8. The van der Waals surface area contributed by atoms with Crippen molar-refractivity contribution in [3.63, 3.8) is 0 Å². The zero-order valence-electron chi connectivity index (χ0n) is 28.9. The first-order valence-electron chi connectivity index (χ1n) is 16.8. The topological polar surface area (TPSA) is 124 Å². The molecule has 0 atom stereocenters. The van der Waals surface area contributed by atoms with Gasteiger partial charge in [-0.25, -0.2) is 14.4 Å². The summed E-state index contributed by atoms with van der Waals surface area (Å²) in [7, 11) is 0. The Labute approximate surface area is 294 Å². The van der Waals surface area contributed by atoms with Crippen LogP contribution < -0.4 is 10.2 Å². The maximum Gasteiger partial charge on any atom is 0.237 e. The van der Waals surface area contributed by atoms with Gasteiger partial charge in [0, 0.05) is 65.2 Å². The summed E-state index contributed by atoms with van der Waals surface area (Å²) in [6.07, 6.45) is 15.4. The maximum atomic E-state index is 14.0. The lowest BCUT2D eigenvalue weighted by atomic mass is 9.86. The third-order valence-electron chi connectivity index (χ3n) is 9.92. The molecule has 6 aromatic rings. The van der Waals surface area contributed by atoms with Crippen molar-refractivity contribution >= 4 is 23.2 Å². The van der Waals surface area contributed by atoms with Gasteiger partial charge in [-0.3, -0.25) is 24.5 Å². The molecular formula is C39H36FN9O2. The molecule has 3 aliphatic rings. The van der Waals surface area contributed by atoms with Crippen molar-refractivity contribution in [2.75, 3.05) is 10.2 Å². The van der Waals surface area contributed by atoms with E-state index in [0.29, 0.717) is 17.1 Å². The molecule has 2 amide bonds. The molecule has 7 heterocycles. The summed E-state index contributed by atoms with van der Waals surface area (Å²) in [6.45, 7) is 9.73. The molecule has 2 aliphatic heterocycles. The van der Waals surface area contributed by atoms with Crippen molar-refractivity contribution < 1.29 is 14.0 Å². The minimum absolute atomic E-state index is 0.0347. The fourth-order valence-corrected chi connectivity index (χ4v) is 6.71. The zero-order valence-corrected chi connectivity index (χ0v) is 28.9. The predicted molar refractivity (Wildman–Crippen MR) is 191 cm³/mol. The van der Waals surface area contributed by atoms with Crippen molar-refractivity contribution in [1.29, 1.82) is 0 Å². The second-order valence-corrected chi connectivity index (χ2v) is 14.3. The van der Waals surface area contributed by atoms with Crippen LogP contribution in [0.1, 0.15) is 57.4 Å². The monoisotopic (exact) mass is 681 g/mol. The van der Waals surface area contributed by atoms with E-state index in [-0.39, 0.29) is 17.9 Å². The summed E-state index contributed by atoms with van der Waals surface area (Å²) in [5, 5.41) is 2.96. The highest BCUT2D eigenvalue weighted by atomic mass is 19.1. The van der Waals surface area contributed by atoms with Crippen LogP contribution in [0.5, 0.6) is 0 Å². The number of carbonyl (C=O) groups is 2. The Kier molecular flexibility index (Phi) is 7.44. The number of amides is 2. The van der Waals surface area contributed by atoms with Gasteiger partial charge < -0.3 is 19.4 Å². The van der Waals surface area contributed by atoms with Gasteiger partial charge in [-0.15, -0.1) is 0 Å². The highest BCUT2D eigenvalue weighted by Crippen LogP contribution is 2.47. The molecule has 5 aromatic heterocycles. The van der Waals surface area contributed by atoms with Crippen LogP contribution in [0.2, 0.25) is 0 Å². The first kappa shape index (κ1) is 32.2. The van der Waals surface area contributed by atoms with Crippen molar-refractivity contribution in [2.24, 2.45) is 0 Å². The number of aryl methyl sites for hydroxylation is 1. The molecule has 0 spiro atoms. The molecule has 1 fully saturated rings. The van der Waals surface area contributed by atoms with Gasteiger partial charge >= 0.3 is 0 Å². The average molecular weight is 682 g/mol. The van der Waals surface area contributed by atoms with E-state index in [4.69, 9.17) is 0 Å². The van der Waals surface area contributed by atoms with Gasteiger partial charge in [0.2, 0.25) is 11.8 Å². The van der Waals surface area contributed by atoms with Crippen LogP contribution in [0.15, 0.2) is 92.3 Å². The molecule has 0 bridgehead atoms. The van der Waals surface area contributed by atoms with Gasteiger partial charge in [0.1, 0.15) is 12.0 Å². The van der Waals surface area contributed by atoms with Crippen molar-refractivity contribution in [2.45, 2.75) is 64.3 Å². The standard InChI is InChI=1S/C20H18FN5O.C19H18N4O/c1-20(2)13-8-23-15(7-18(13)26(19(20)27)12-3-4-12)16-10-25(11-24-16)17-5-6-22-9-14(17)21;1-12-8-14(6-7-20-12)23-10-17(21-11-23)13-4-5-15-16(9-13)22-18(24)19(15,2)3/h5-12H,3-4H2,1-2H3;4-11H,1-3H3,(H,22,24). The van der Waals surface area contributed by atoms with E-state index in [0.717, 1.165) is 58.0 Å². The van der Waals surface area contributed by atoms with E-state index in [1.807, 2.05) is 86.7 Å². The summed E-state index contributed by atoms with van der Waals surface area (Å²) < 4.78 is 17.5. The quantitative estimate of drug-likeness (QED) is 0.214. The summed E-state index contributed by atoms with van der Waals surface area (Å²) in [5.74, 6) is -0.258. The van der Waals surface area contributed by atoms with Crippen molar-refractivity contribution in [3.8, 4) is 34.0 Å². The van der Waals surface area contributed by atoms with Crippen LogP contribution in [-0.2, 0) is 20.4 Å². The lowest BCUT2D eigenvalue weighted by Gasteiger charge is -2.19. The SMILES string of the molecule is CC1(C)C(=O)N(C2CC2)c2cc(-c3cn(-c4ccncc4F)cn3)ncc21.Cc1cc(-n2cnc(-c3ccc4c(c3)NC(=O)C4(C)C)c2)ccn1. The minimum Gasteiger partial charge on any atom is -0.325 e.